The normalized spacial score (nSPS) is 28.2. The molecule has 90 valence electrons. The Labute approximate surface area is 94.2 Å². The molecule has 1 heterocycles. The minimum Gasteiger partial charge on any atom is -0.380 e. The summed E-state index contributed by atoms with van der Waals surface area (Å²) in [6.07, 6.45) is 2.41. The summed E-state index contributed by atoms with van der Waals surface area (Å²) in [5.74, 6) is 0. The van der Waals surface area contributed by atoms with Gasteiger partial charge in [0.05, 0.1) is 6.61 Å². The Morgan fingerprint density at radius 3 is 2.47 bits per heavy atom. The van der Waals surface area contributed by atoms with E-state index in [-0.39, 0.29) is 0 Å². The van der Waals surface area contributed by atoms with E-state index < -0.39 is 0 Å². The summed E-state index contributed by atoms with van der Waals surface area (Å²) in [5.41, 5.74) is 0. The number of nitrogens with zero attached hydrogens (tertiary/aromatic N) is 1. The summed E-state index contributed by atoms with van der Waals surface area (Å²) in [4.78, 5) is 2.50. The van der Waals surface area contributed by atoms with Crippen molar-refractivity contribution in [2.45, 2.75) is 45.7 Å². The van der Waals surface area contributed by atoms with Gasteiger partial charge >= 0.3 is 0 Å². The predicted molar refractivity (Wildman–Crippen MR) is 64.2 cm³/mol. The largest absolute Gasteiger partial charge is 0.380 e. The van der Waals surface area contributed by atoms with Crippen molar-refractivity contribution in [1.29, 1.82) is 0 Å². The molecule has 0 radical (unpaired) electrons. The van der Waals surface area contributed by atoms with Gasteiger partial charge in [-0.1, -0.05) is 13.3 Å². The fourth-order valence-corrected chi connectivity index (χ4v) is 2.16. The Kier molecular flexibility index (Phi) is 6.22. The molecular formula is C12H26N2O. The van der Waals surface area contributed by atoms with Gasteiger partial charge in [0.25, 0.3) is 0 Å². The lowest BCUT2D eigenvalue weighted by Gasteiger charge is -2.36. The Hall–Kier alpha value is -0.120. The van der Waals surface area contributed by atoms with Gasteiger partial charge in [-0.3, -0.25) is 4.90 Å². The van der Waals surface area contributed by atoms with Crippen LogP contribution < -0.4 is 5.32 Å². The van der Waals surface area contributed by atoms with Crippen LogP contribution in [0.15, 0.2) is 0 Å². The van der Waals surface area contributed by atoms with Crippen molar-refractivity contribution in [3.63, 3.8) is 0 Å². The SMILES string of the molecule is CCCCOCCN1CC(C)NC(C)C1. The van der Waals surface area contributed by atoms with E-state index in [1.165, 1.54) is 12.8 Å². The van der Waals surface area contributed by atoms with Crippen molar-refractivity contribution in [2.24, 2.45) is 0 Å². The molecule has 1 fully saturated rings. The van der Waals surface area contributed by atoms with Crippen LogP contribution in [0, 0.1) is 0 Å². The molecule has 1 rings (SSSR count). The van der Waals surface area contributed by atoms with Crippen molar-refractivity contribution < 1.29 is 4.74 Å². The molecule has 0 spiro atoms. The zero-order valence-electron chi connectivity index (χ0n) is 10.5. The lowest BCUT2D eigenvalue weighted by atomic mass is 10.1. The number of rotatable bonds is 6. The van der Waals surface area contributed by atoms with Crippen LogP contribution in [-0.2, 0) is 4.74 Å². The standard InChI is InChI=1S/C12H26N2O/c1-4-5-7-15-8-6-14-9-11(2)13-12(3)10-14/h11-13H,4-10H2,1-3H3. The summed E-state index contributed by atoms with van der Waals surface area (Å²) in [6.45, 7) is 11.9. The molecule has 0 bridgehead atoms. The van der Waals surface area contributed by atoms with E-state index in [9.17, 15) is 0 Å². The van der Waals surface area contributed by atoms with Gasteiger partial charge in [-0.25, -0.2) is 0 Å². The van der Waals surface area contributed by atoms with Gasteiger partial charge < -0.3 is 10.1 Å². The fourth-order valence-electron chi connectivity index (χ4n) is 2.16. The Morgan fingerprint density at radius 2 is 1.87 bits per heavy atom. The average Bonchev–Trinajstić information content (AvgIpc) is 2.16. The maximum atomic E-state index is 5.59. The quantitative estimate of drug-likeness (QED) is 0.678. The number of hydrogen-bond donors (Lipinski definition) is 1. The molecule has 15 heavy (non-hydrogen) atoms. The molecule has 3 heteroatoms. The highest BCUT2D eigenvalue weighted by Gasteiger charge is 2.19. The lowest BCUT2D eigenvalue weighted by molar-refractivity contribution is 0.0836. The van der Waals surface area contributed by atoms with E-state index in [0.717, 1.165) is 32.8 Å². The summed E-state index contributed by atoms with van der Waals surface area (Å²) >= 11 is 0. The summed E-state index contributed by atoms with van der Waals surface area (Å²) < 4.78 is 5.59. The number of piperazine rings is 1. The molecule has 0 aromatic rings. The predicted octanol–water partition coefficient (Wildman–Crippen LogP) is 1.49. The molecule has 0 aliphatic carbocycles. The Bertz CT molecular complexity index is 154. The highest BCUT2D eigenvalue weighted by atomic mass is 16.5. The lowest BCUT2D eigenvalue weighted by Crippen LogP contribution is -2.54. The molecule has 1 N–H and O–H groups in total. The summed E-state index contributed by atoms with van der Waals surface area (Å²) in [7, 11) is 0. The third kappa shape index (κ3) is 5.50. The van der Waals surface area contributed by atoms with Crippen molar-refractivity contribution in [2.75, 3.05) is 32.8 Å². The van der Waals surface area contributed by atoms with E-state index in [0.29, 0.717) is 12.1 Å². The van der Waals surface area contributed by atoms with Crippen LogP contribution in [0.3, 0.4) is 0 Å². The maximum Gasteiger partial charge on any atom is 0.0593 e. The second-order valence-corrected chi connectivity index (χ2v) is 4.69. The van der Waals surface area contributed by atoms with E-state index >= 15 is 0 Å². The first-order valence-corrected chi connectivity index (χ1v) is 6.28. The van der Waals surface area contributed by atoms with E-state index in [2.05, 4.69) is 31.0 Å². The van der Waals surface area contributed by atoms with E-state index in [1.54, 1.807) is 0 Å². The van der Waals surface area contributed by atoms with Crippen LogP contribution in [0.2, 0.25) is 0 Å². The number of nitrogens with one attached hydrogen (secondary N) is 1. The molecule has 1 aliphatic rings. The first kappa shape index (κ1) is 12.9. The fraction of sp³-hybridized carbons (Fsp3) is 1.00. The first-order chi connectivity index (χ1) is 7.22. The van der Waals surface area contributed by atoms with Crippen LogP contribution in [0.5, 0.6) is 0 Å². The smallest absolute Gasteiger partial charge is 0.0593 e. The van der Waals surface area contributed by atoms with Gasteiger partial charge in [0.15, 0.2) is 0 Å². The van der Waals surface area contributed by atoms with Gasteiger partial charge in [0.2, 0.25) is 0 Å². The number of unbranched alkanes of at least 4 members (excludes halogenated alkanes) is 1. The minimum absolute atomic E-state index is 0.615. The molecule has 1 aliphatic heterocycles. The van der Waals surface area contributed by atoms with E-state index in [4.69, 9.17) is 4.74 Å². The minimum atomic E-state index is 0.615. The molecule has 1 saturated heterocycles. The highest BCUT2D eigenvalue weighted by Crippen LogP contribution is 2.03. The Balaban J connectivity index is 2.04. The van der Waals surface area contributed by atoms with Crippen LogP contribution in [0.4, 0.5) is 0 Å². The zero-order valence-corrected chi connectivity index (χ0v) is 10.5. The molecule has 0 amide bonds. The zero-order chi connectivity index (χ0) is 11.1. The van der Waals surface area contributed by atoms with Crippen LogP contribution in [0.1, 0.15) is 33.6 Å². The molecule has 2 atom stereocenters. The average molecular weight is 214 g/mol. The van der Waals surface area contributed by atoms with Gasteiger partial charge in [-0.05, 0) is 20.3 Å². The third-order valence-corrected chi connectivity index (χ3v) is 2.83. The number of hydrogen-bond acceptors (Lipinski definition) is 3. The molecule has 2 unspecified atom stereocenters. The van der Waals surface area contributed by atoms with Crippen molar-refractivity contribution >= 4 is 0 Å². The molecular weight excluding hydrogens is 188 g/mol. The van der Waals surface area contributed by atoms with Gasteiger partial charge in [0, 0.05) is 38.3 Å². The van der Waals surface area contributed by atoms with E-state index in [1.807, 2.05) is 0 Å². The van der Waals surface area contributed by atoms with Gasteiger partial charge in [-0.15, -0.1) is 0 Å². The number of ether oxygens (including phenoxy) is 1. The third-order valence-electron chi connectivity index (χ3n) is 2.83. The molecule has 3 nitrogen and oxygen atoms in total. The molecule has 0 saturated carbocycles. The van der Waals surface area contributed by atoms with Crippen LogP contribution in [0.25, 0.3) is 0 Å². The van der Waals surface area contributed by atoms with Crippen molar-refractivity contribution in [1.82, 2.24) is 10.2 Å². The Morgan fingerprint density at radius 1 is 1.20 bits per heavy atom. The van der Waals surface area contributed by atoms with Crippen LogP contribution >= 0.6 is 0 Å². The van der Waals surface area contributed by atoms with Crippen LogP contribution in [-0.4, -0.2) is 49.8 Å². The van der Waals surface area contributed by atoms with Crippen molar-refractivity contribution in [3.8, 4) is 0 Å². The highest BCUT2D eigenvalue weighted by molar-refractivity contribution is 4.80. The second-order valence-electron chi connectivity index (χ2n) is 4.69. The topological polar surface area (TPSA) is 24.5 Å². The summed E-state index contributed by atoms with van der Waals surface area (Å²) in [5, 5.41) is 3.54. The van der Waals surface area contributed by atoms with Gasteiger partial charge in [0.1, 0.15) is 0 Å². The monoisotopic (exact) mass is 214 g/mol. The maximum absolute atomic E-state index is 5.59. The molecule has 0 aromatic heterocycles. The van der Waals surface area contributed by atoms with Crippen molar-refractivity contribution in [3.05, 3.63) is 0 Å². The second kappa shape index (κ2) is 7.20. The molecule has 0 aromatic carbocycles. The summed E-state index contributed by atoms with van der Waals surface area (Å²) in [6, 6.07) is 1.23. The first-order valence-electron chi connectivity index (χ1n) is 6.28. The van der Waals surface area contributed by atoms with Gasteiger partial charge in [-0.2, -0.15) is 0 Å².